The molecule has 1 aliphatic heterocycles. The Kier molecular flexibility index (Phi) is 5.41. The lowest BCUT2D eigenvalue weighted by molar-refractivity contribution is 0.269. The van der Waals surface area contributed by atoms with Crippen molar-refractivity contribution < 1.29 is 4.74 Å². The van der Waals surface area contributed by atoms with Gasteiger partial charge in [0.15, 0.2) is 0 Å². The van der Waals surface area contributed by atoms with Crippen molar-refractivity contribution in [1.29, 1.82) is 0 Å². The summed E-state index contributed by atoms with van der Waals surface area (Å²) in [6.45, 7) is 5.76. The molecule has 0 amide bonds. The van der Waals surface area contributed by atoms with Crippen LogP contribution in [0.3, 0.4) is 0 Å². The van der Waals surface area contributed by atoms with Crippen molar-refractivity contribution in [3.8, 4) is 5.75 Å². The van der Waals surface area contributed by atoms with Gasteiger partial charge in [-0.15, -0.1) is 0 Å². The number of hydrazone groups is 1. The van der Waals surface area contributed by atoms with E-state index in [0.29, 0.717) is 0 Å². The monoisotopic (exact) mass is 387 g/mol. The van der Waals surface area contributed by atoms with Crippen molar-refractivity contribution in [1.82, 2.24) is 5.01 Å². The summed E-state index contributed by atoms with van der Waals surface area (Å²) in [7, 11) is 1.72. The number of rotatable bonds is 4. The molecule has 0 atom stereocenters. The highest BCUT2D eigenvalue weighted by Crippen LogP contribution is 2.28. The topological polar surface area (TPSA) is 28.1 Å². The van der Waals surface area contributed by atoms with Crippen molar-refractivity contribution in [3.63, 3.8) is 0 Å². The first-order chi connectivity index (χ1) is 11.7. The summed E-state index contributed by atoms with van der Waals surface area (Å²) >= 11 is 3.52. The normalized spacial score (nSPS) is 15.5. The molecular weight excluding hydrogens is 366 g/mol. The van der Waals surface area contributed by atoms with E-state index in [1.54, 1.807) is 7.11 Å². The maximum absolute atomic E-state index is 5.47. The molecule has 5 heteroatoms. The minimum Gasteiger partial charge on any atom is -0.495 e. The fourth-order valence-electron chi connectivity index (χ4n) is 2.91. The van der Waals surface area contributed by atoms with E-state index in [9.17, 15) is 0 Å². The number of hydrogen-bond acceptors (Lipinski definition) is 4. The summed E-state index contributed by atoms with van der Waals surface area (Å²) < 4.78 is 6.55. The highest BCUT2D eigenvalue weighted by molar-refractivity contribution is 9.10. The largest absolute Gasteiger partial charge is 0.495 e. The van der Waals surface area contributed by atoms with E-state index in [1.165, 1.54) is 0 Å². The molecule has 0 saturated carbocycles. The van der Waals surface area contributed by atoms with Crippen LogP contribution in [-0.2, 0) is 0 Å². The molecule has 0 spiro atoms. The zero-order chi connectivity index (χ0) is 16.9. The Hall–Kier alpha value is -2.01. The lowest BCUT2D eigenvalue weighted by atomic mass is 10.1. The molecule has 0 N–H and O–H groups in total. The number of hydrogen-bond donors (Lipinski definition) is 0. The van der Waals surface area contributed by atoms with Gasteiger partial charge in [0.05, 0.1) is 31.6 Å². The summed E-state index contributed by atoms with van der Waals surface area (Å²) in [6.07, 6.45) is 0. The molecule has 3 rings (SSSR count). The van der Waals surface area contributed by atoms with Crippen molar-refractivity contribution in [2.24, 2.45) is 5.10 Å². The fraction of sp³-hybridized carbons (Fsp3) is 0.316. The molecular formula is C19H22BrN3O. The third-order valence-electron chi connectivity index (χ3n) is 4.22. The van der Waals surface area contributed by atoms with Crippen LogP contribution >= 0.6 is 15.9 Å². The second-order valence-electron chi connectivity index (χ2n) is 5.81. The molecule has 0 radical (unpaired) electrons. The smallest absolute Gasteiger partial charge is 0.142 e. The van der Waals surface area contributed by atoms with E-state index < -0.39 is 0 Å². The predicted octanol–water partition coefficient (Wildman–Crippen LogP) is 4.00. The molecule has 126 valence electrons. The van der Waals surface area contributed by atoms with Crippen molar-refractivity contribution in [2.75, 3.05) is 38.2 Å². The molecule has 1 aliphatic rings. The summed E-state index contributed by atoms with van der Waals surface area (Å²) in [6, 6.07) is 16.4. The molecule has 1 fully saturated rings. The Balaban J connectivity index is 1.66. The van der Waals surface area contributed by atoms with Crippen molar-refractivity contribution in [3.05, 3.63) is 58.6 Å². The third-order valence-corrected chi connectivity index (χ3v) is 4.71. The van der Waals surface area contributed by atoms with Gasteiger partial charge in [-0.2, -0.15) is 5.10 Å². The molecule has 1 heterocycles. The number of nitrogens with zero attached hydrogens (tertiary/aromatic N) is 3. The van der Waals surface area contributed by atoms with Gasteiger partial charge < -0.3 is 9.64 Å². The Morgan fingerprint density at radius 2 is 1.79 bits per heavy atom. The maximum atomic E-state index is 5.47. The molecule has 2 aromatic rings. The maximum Gasteiger partial charge on any atom is 0.142 e. The minimum atomic E-state index is 0.906. The summed E-state index contributed by atoms with van der Waals surface area (Å²) in [5, 5.41) is 6.94. The van der Waals surface area contributed by atoms with Crippen LogP contribution in [-0.4, -0.2) is 44.0 Å². The van der Waals surface area contributed by atoms with Gasteiger partial charge in [-0.25, -0.2) is 0 Å². The molecule has 1 saturated heterocycles. The number of anilines is 1. The van der Waals surface area contributed by atoms with Crippen LogP contribution in [0.15, 0.2) is 58.1 Å². The van der Waals surface area contributed by atoms with Crippen LogP contribution in [0.25, 0.3) is 0 Å². The summed E-state index contributed by atoms with van der Waals surface area (Å²) in [4.78, 5) is 2.36. The fourth-order valence-corrected chi connectivity index (χ4v) is 3.31. The van der Waals surface area contributed by atoms with Crippen molar-refractivity contribution in [2.45, 2.75) is 6.92 Å². The Bertz CT molecular complexity index is 724. The molecule has 2 aromatic carbocycles. The van der Waals surface area contributed by atoms with E-state index >= 15 is 0 Å². The number of halogens is 1. The SMILES string of the molecule is COc1ccccc1N1CCN(N=C(C)c2cccc(Br)c2)CC1. The standard InChI is InChI=1S/C19H22BrN3O/c1-15(16-6-5-7-17(20)14-16)21-23-12-10-22(11-13-23)18-8-3-4-9-19(18)24-2/h3-9,14H,10-13H2,1-2H3. The Morgan fingerprint density at radius 3 is 2.50 bits per heavy atom. The first-order valence-corrected chi connectivity index (χ1v) is 8.91. The van der Waals surface area contributed by atoms with Gasteiger partial charge in [0.25, 0.3) is 0 Å². The summed E-state index contributed by atoms with van der Waals surface area (Å²) in [5.41, 5.74) is 3.35. The quantitative estimate of drug-likeness (QED) is 0.742. The van der Waals surface area contributed by atoms with E-state index in [0.717, 1.165) is 53.4 Å². The average Bonchev–Trinajstić information content (AvgIpc) is 2.62. The molecule has 24 heavy (non-hydrogen) atoms. The van der Waals surface area contributed by atoms with Crippen LogP contribution in [0, 0.1) is 0 Å². The highest BCUT2D eigenvalue weighted by atomic mass is 79.9. The molecule has 0 bridgehead atoms. The lowest BCUT2D eigenvalue weighted by Crippen LogP contribution is -2.44. The van der Waals surface area contributed by atoms with E-state index in [2.05, 4.69) is 57.0 Å². The number of para-hydroxylation sites is 2. The van der Waals surface area contributed by atoms with Gasteiger partial charge in [0.1, 0.15) is 5.75 Å². The van der Waals surface area contributed by atoms with Crippen LogP contribution in [0.1, 0.15) is 12.5 Å². The van der Waals surface area contributed by atoms with Crippen molar-refractivity contribution >= 4 is 27.3 Å². The number of ether oxygens (including phenoxy) is 1. The first kappa shape index (κ1) is 16.8. The number of methoxy groups -OCH3 is 1. The second kappa shape index (κ2) is 7.71. The summed E-state index contributed by atoms with van der Waals surface area (Å²) in [5.74, 6) is 0.930. The Morgan fingerprint density at radius 1 is 1.04 bits per heavy atom. The van der Waals surface area contributed by atoms with E-state index in [1.807, 2.05) is 24.3 Å². The van der Waals surface area contributed by atoms with Gasteiger partial charge in [-0.1, -0.05) is 40.2 Å². The molecule has 4 nitrogen and oxygen atoms in total. The van der Waals surface area contributed by atoms with E-state index in [4.69, 9.17) is 9.84 Å². The molecule has 0 aromatic heterocycles. The van der Waals surface area contributed by atoms with Gasteiger partial charge in [-0.05, 0) is 36.8 Å². The second-order valence-corrected chi connectivity index (χ2v) is 6.72. The van der Waals surface area contributed by atoms with Crippen LogP contribution in [0.4, 0.5) is 5.69 Å². The van der Waals surface area contributed by atoms with Crippen LogP contribution in [0.2, 0.25) is 0 Å². The first-order valence-electron chi connectivity index (χ1n) is 8.11. The molecule has 0 aliphatic carbocycles. The zero-order valence-corrected chi connectivity index (χ0v) is 15.7. The third kappa shape index (κ3) is 3.90. The Labute approximate surface area is 151 Å². The van der Waals surface area contributed by atoms with Gasteiger partial charge in [-0.3, -0.25) is 5.01 Å². The van der Waals surface area contributed by atoms with Gasteiger partial charge in [0.2, 0.25) is 0 Å². The number of benzene rings is 2. The predicted molar refractivity (Wildman–Crippen MR) is 103 cm³/mol. The van der Waals surface area contributed by atoms with Gasteiger partial charge >= 0.3 is 0 Å². The average molecular weight is 388 g/mol. The van der Waals surface area contributed by atoms with Crippen LogP contribution in [0.5, 0.6) is 5.75 Å². The molecule has 0 unspecified atom stereocenters. The van der Waals surface area contributed by atoms with Crippen LogP contribution < -0.4 is 9.64 Å². The van der Waals surface area contributed by atoms with Gasteiger partial charge in [0, 0.05) is 17.6 Å². The highest BCUT2D eigenvalue weighted by Gasteiger charge is 2.18. The number of piperazine rings is 1. The zero-order valence-electron chi connectivity index (χ0n) is 14.1. The van der Waals surface area contributed by atoms with E-state index in [-0.39, 0.29) is 0 Å². The minimum absolute atomic E-state index is 0.906. The lowest BCUT2D eigenvalue weighted by Gasteiger charge is -2.35.